The molecular weight excluding hydrogens is 452 g/mol. The molecule has 2 aromatic heterocycles. The molecule has 0 atom stereocenters. The summed E-state index contributed by atoms with van der Waals surface area (Å²) >= 11 is 0. The second kappa shape index (κ2) is 8.24. The third kappa shape index (κ3) is 4.73. The Morgan fingerprint density at radius 3 is 1.16 bits per heavy atom. The maximum Gasteiger partial charge on any atom is 0.294 e. The average molecular weight is 469 g/mol. The van der Waals surface area contributed by atoms with Crippen molar-refractivity contribution in [3.05, 3.63) is 85.2 Å². The number of benzene rings is 2. The zero-order valence-corrected chi connectivity index (χ0v) is 18.0. The van der Waals surface area contributed by atoms with Crippen LogP contribution in [0.2, 0.25) is 0 Å². The van der Waals surface area contributed by atoms with Crippen LogP contribution in [-0.2, 0) is 20.2 Å². The van der Waals surface area contributed by atoms with Crippen molar-refractivity contribution < 1.29 is 25.9 Å². The summed E-state index contributed by atoms with van der Waals surface area (Å²) in [4.78, 5) is 8.35. The van der Waals surface area contributed by atoms with E-state index in [1.807, 2.05) is 0 Å². The van der Waals surface area contributed by atoms with Gasteiger partial charge in [-0.05, 0) is 70.8 Å². The van der Waals surface area contributed by atoms with Gasteiger partial charge in [-0.3, -0.25) is 19.1 Å². The lowest BCUT2D eigenvalue weighted by Crippen LogP contribution is -1.97. The van der Waals surface area contributed by atoms with Crippen LogP contribution in [0.15, 0.2) is 95.0 Å². The largest absolute Gasteiger partial charge is 0.294 e. The van der Waals surface area contributed by atoms with Crippen LogP contribution >= 0.6 is 0 Å². The van der Waals surface area contributed by atoms with Crippen molar-refractivity contribution in [1.29, 1.82) is 0 Å². The molecule has 0 saturated heterocycles. The van der Waals surface area contributed by atoms with E-state index in [2.05, 4.69) is 9.97 Å². The summed E-state index contributed by atoms with van der Waals surface area (Å²) in [5.74, 6) is 0. The molecule has 2 N–H and O–H groups in total. The third-order valence-electron chi connectivity index (χ3n) is 4.75. The van der Waals surface area contributed by atoms with Crippen molar-refractivity contribution in [2.75, 3.05) is 0 Å². The molecule has 0 aliphatic rings. The fourth-order valence-electron chi connectivity index (χ4n) is 3.14. The molecule has 0 saturated carbocycles. The summed E-state index contributed by atoms with van der Waals surface area (Å²) in [5, 5.41) is 0. The van der Waals surface area contributed by atoms with Crippen LogP contribution in [-0.4, -0.2) is 35.9 Å². The van der Waals surface area contributed by atoms with Gasteiger partial charge in [-0.15, -0.1) is 0 Å². The van der Waals surface area contributed by atoms with Crippen molar-refractivity contribution >= 4 is 20.2 Å². The topological polar surface area (TPSA) is 135 Å². The zero-order valence-electron chi connectivity index (χ0n) is 16.3. The molecule has 0 fully saturated rings. The Morgan fingerprint density at radius 1 is 0.500 bits per heavy atom. The van der Waals surface area contributed by atoms with Crippen LogP contribution < -0.4 is 0 Å². The molecule has 2 aromatic carbocycles. The number of nitrogens with zero attached hydrogens (tertiary/aromatic N) is 2. The quantitative estimate of drug-likeness (QED) is 0.420. The summed E-state index contributed by atoms with van der Waals surface area (Å²) in [6, 6.07) is 18.8. The maximum absolute atomic E-state index is 11.2. The van der Waals surface area contributed by atoms with Crippen molar-refractivity contribution in [2.45, 2.75) is 9.79 Å². The Kier molecular flexibility index (Phi) is 5.61. The SMILES string of the molecule is O=S(=O)(O)c1ccc(-c2ccnc(-c3cc(-c4ccc(S(=O)(=O)O)cc4)ccn3)c2)cc1. The van der Waals surface area contributed by atoms with Crippen LogP contribution in [0.5, 0.6) is 0 Å². The zero-order chi connectivity index (χ0) is 22.9. The van der Waals surface area contributed by atoms with E-state index in [1.165, 1.54) is 24.3 Å². The van der Waals surface area contributed by atoms with Gasteiger partial charge in [0.2, 0.25) is 0 Å². The van der Waals surface area contributed by atoms with Crippen LogP contribution in [0.25, 0.3) is 33.6 Å². The lowest BCUT2D eigenvalue weighted by molar-refractivity contribution is 0.481. The second-order valence-corrected chi connectivity index (χ2v) is 9.70. The molecule has 8 nitrogen and oxygen atoms in total. The van der Waals surface area contributed by atoms with E-state index in [9.17, 15) is 16.8 Å². The highest BCUT2D eigenvalue weighted by molar-refractivity contribution is 7.86. The van der Waals surface area contributed by atoms with E-state index in [-0.39, 0.29) is 9.79 Å². The van der Waals surface area contributed by atoms with Crippen molar-refractivity contribution in [2.24, 2.45) is 0 Å². The maximum atomic E-state index is 11.2. The van der Waals surface area contributed by atoms with Crippen molar-refractivity contribution in [3.8, 4) is 33.6 Å². The minimum atomic E-state index is -4.26. The second-order valence-electron chi connectivity index (χ2n) is 6.86. The van der Waals surface area contributed by atoms with Gasteiger partial charge < -0.3 is 0 Å². The van der Waals surface area contributed by atoms with Gasteiger partial charge in [0.15, 0.2) is 0 Å². The normalized spacial score (nSPS) is 11.9. The summed E-state index contributed by atoms with van der Waals surface area (Å²) < 4.78 is 63.2. The lowest BCUT2D eigenvalue weighted by Gasteiger charge is -2.08. The number of hydrogen-bond donors (Lipinski definition) is 2. The predicted molar refractivity (Wildman–Crippen MR) is 118 cm³/mol. The highest BCUT2D eigenvalue weighted by Crippen LogP contribution is 2.28. The summed E-state index contributed by atoms with van der Waals surface area (Å²) in [7, 11) is -8.53. The first-order valence-corrected chi connectivity index (χ1v) is 12.1. The number of pyridine rings is 2. The van der Waals surface area contributed by atoms with Gasteiger partial charge in [-0.2, -0.15) is 16.8 Å². The smallest absolute Gasteiger partial charge is 0.282 e. The minimum absolute atomic E-state index is 0.190. The highest BCUT2D eigenvalue weighted by Gasteiger charge is 2.12. The van der Waals surface area contributed by atoms with Gasteiger partial charge in [-0.1, -0.05) is 24.3 Å². The van der Waals surface area contributed by atoms with Gasteiger partial charge in [0.1, 0.15) is 0 Å². The highest BCUT2D eigenvalue weighted by atomic mass is 32.2. The summed E-state index contributed by atoms with van der Waals surface area (Å²) in [6.07, 6.45) is 3.22. The van der Waals surface area contributed by atoms with E-state index in [1.54, 1.807) is 60.9 Å². The van der Waals surface area contributed by atoms with Crippen molar-refractivity contribution in [1.82, 2.24) is 9.97 Å². The fourth-order valence-corrected chi connectivity index (χ4v) is 4.10. The van der Waals surface area contributed by atoms with Gasteiger partial charge in [0, 0.05) is 12.4 Å². The minimum Gasteiger partial charge on any atom is -0.282 e. The van der Waals surface area contributed by atoms with E-state index in [0.29, 0.717) is 11.4 Å². The standard InChI is InChI=1S/C22H16N2O6S2/c25-31(26,27)19-5-1-15(2-6-19)17-9-11-23-21(13-17)22-14-18(10-12-24-22)16-3-7-20(8-4-16)32(28,29)30/h1-14H,(H,25,26,27)(H,28,29,30). The lowest BCUT2D eigenvalue weighted by atomic mass is 10.0. The molecule has 0 aliphatic carbocycles. The third-order valence-corrected chi connectivity index (χ3v) is 6.49. The molecule has 0 spiro atoms. The molecule has 4 aromatic rings. The Hall–Kier alpha value is -3.44. The van der Waals surface area contributed by atoms with Crippen LogP contribution in [0.1, 0.15) is 0 Å². The fraction of sp³-hybridized carbons (Fsp3) is 0. The van der Waals surface area contributed by atoms with E-state index >= 15 is 0 Å². The number of hydrogen-bond acceptors (Lipinski definition) is 6. The predicted octanol–water partition coefficient (Wildman–Crippen LogP) is 3.97. The first-order valence-electron chi connectivity index (χ1n) is 9.20. The molecule has 162 valence electrons. The number of aromatic nitrogens is 2. The first-order chi connectivity index (χ1) is 15.1. The van der Waals surface area contributed by atoms with Gasteiger partial charge >= 0.3 is 0 Å². The van der Waals surface area contributed by atoms with Gasteiger partial charge in [0.05, 0.1) is 21.2 Å². The molecule has 10 heteroatoms. The van der Waals surface area contributed by atoms with E-state index in [0.717, 1.165) is 22.3 Å². The molecule has 0 unspecified atom stereocenters. The first kappa shape index (κ1) is 21.8. The Balaban J connectivity index is 1.67. The molecular formula is C22H16N2O6S2. The Labute approximate surface area is 184 Å². The molecule has 0 bridgehead atoms. The van der Waals surface area contributed by atoms with Crippen molar-refractivity contribution in [3.63, 3.8) is 0 Å². The molecule has 4 rings (SSSR count). The van der Waals surface area contributed by atoms with E-state index in [4.69, 9.17) is 9.11 Å². The Bertz CT molecular complexity index is 1380. The van der Waals surface area contributed by atoms with Gasteiger partial charge in [-0.25, -0.2) is 0 Å². The molecule has 0 aliphatic heterocycles. The Morgan fingerprint density at radius 2 is 0.844 bits per heavy atom. The summed E-state index contributed by atoms with van der Waals surface area (Å²) in [5.41, 5.74) is 4.19. The molecule has 2 heterocycles. The summed E-state index contributed by atoms with van der Waals surface area (Å²) in [6.45, 7) is 0. The molecule has 0 amide bonds. The van der Waals surface area contributed by atoms with Crippen LogP contribution in [0.4, 0.5) is 0 Å². The van der Waals surface area contributed by atoms with Crippen LogP contribution in [0.3, 0.4) is 0 Å². The van der Waals surface area contributed by atoms with E-state index < -0.39 is 20.2 Å². The van der Waals surface area contributed by atoms with Crippen LogP contribution in [0, 0.1) is 0 Å². The van der Waals surface area contributed by atoms with Gasteiger partial charge in [0.25, 0.3) is 20.2 Å². The number of rotatable bonds is 5. The molecule has 0 radical (unpaired) electrons. The monoisotopic (exact) mass is 468 g/mol. The average Bonchev–Trinajstić information content (AvgIpc) is 2.78. The molecule has 32 heavy (non-hydrogen) atoms.